The molecular formula is C17H26N2O2. The minimum atomic E-state index is -0.370. The van der Waals surface area contributed by atoms with Gasteiger partial charge in [-0.25, -0.2) is 0 Å². The monoisotopic (exact) mass is 290 g/mol. The second-order valence-electron chi connectivity index (χ2n) is 5.87. The van der Waals surface area contributed by atoms with Crippen LogP contribution in [-0.4, -0.2) is 42.6 Å². The van der Waals surface area contributed by atoms with Crippen LogP contribution in [0.5, 0.6) is 0 Å². The quantitative estimate of drug-likeness (QED) is 0.872. The molecule has 0 radical (unpaired) electrons. The number of hydrogen-bond acceptors (Lipinski definition) is 3. The van der Waals surface area contributed by atoms with Crippen molar-refractivity contribution in [3.63, 3.8) is 0 Å². The molecule has 1 saturated heterocycles. The standard InChI is InChI=1S/C17H26N2O2/c1-4-21-14(3)17(20)18-16-12-19(10-13(16)2)11-15-8-6-5-7-9-15/h5-9,13-14,16H,4,10-12H2,1-3H3,(H,18,20)/t13-,14+,16-/m0/s1. The van der Waals surface area contributed by atoms with E-state index < -0.39 is 0 Å². The fourth-order valence-electron chi connectivity index (χ4n) is 2.85. The molecule has 3 atom stereocenters. The first-order valence-electron chi connectivity index (χ1n) is 7.78. The lowest BCUT2D eigenvalue weighted by molar-refractivity contribution is -0.132. The Morgan fingerprint density at radius 3 is 2.76 bits per heavy atom. The summed E-state index contributed by atoms with van der Waals surface area (Å²) in [4.78, 5) is 14.4. The van der Waals surface area contributed by atoms with Gasteiger partial charge >= 0.3 is 0 Å². The third-order valence-electron chi connectivity index (χ3n) is 4.05. The number of benzene rings is 1. The van der Waals surface area contributed by atoms with Gasteiger partial charge in [0.2, 0.25) is 5.91 Å². The van der Waals surface area contributed by atoms with Crippen LogP contribution in [0.4, 0.5) is 0 Å². The summed E-state index contributed by atoms with van der Waals surface area (Å²) in [6.07, 6.45) is -0.370. The Bertz CT molecular complexity index is 449. The van der Waals surface area contributed by atoms with Crippen LogP contribution in [0.2, 0.25) is 0 Å². The Balaban J connectivity index is 1.85. The van der Waals surface area contributed by atoms with Gasteiger partial charge in [-0.05, 0) is 25.3 Å². The topological polar surface area (TPSA) is 41.6 Å². The summed E-state index contributed by atoms with van der Waals surface area (Å²) in [6, 6.07) is 10.7. The number of carbonyl (C=O) groups is 1. The molecule has 1 amide bonds. The van der Waals surface area contributed by atoms with Crippen molar-refractivity contribution in [1.29, 1.82) is 0 Å². The van der Waals surface area contributed by atoms with Gasteiger partial charge in [-0.3, -0.25) is 9.69 Å². The highest BCUT2D eigenvalue weighted by Gasteiger charge is 2.31. The molecule has 1 aliphatic heterocycles. The number of amides is 1. The van der Waals surface area contributed by atoms with E-state index in [1.54, 1.807) is 6.92 Å². The van der Waals surface area contributed by atoms with Crippen molar-refractivity contribution in [3.05, 3.63) is 35.9 Å². The molecule has 0 unspecified atom stereocenters. The van der Waals surface area contributed by atoms with E-state index in [1.165, 1.54) is 5.56 Å². The van der Waals surface area contributed by atoms with E-state index in [2.05, 4.69) is 41.4 Å². The Morgan fingerprint density at radius 2 is 2.10 bits per heavy atom. The zero-order valence-corrected chi connectivity index (χ0v) is 13.2. The summed E-state index contributed by atoms with van der Waals surface area (Å²) in [5, 5.41) is 3.12. The van der Waals surface area contributed by atoms with Crippen LogP contribution in [0.3, 0.4) is 0 Å². The first-order valence-corrected chi connectivity index (χ1v) is 7.78. The SMILES string of the molecule is CCO[C@H](C)C(=O)N[C@H]1CN(Cc2ccccc2)C[C@@H]1C. The zero-order chi connectivity index (χ0) is 15.2. The molecule has 4 heteroatoms. The van der Waals surface area contributed by atoms with Crippen LogP contribution in [0.1, 0.15) is 26.3 Å². The van der Waals surface area contributed by atoms with Gasteiger partial charge in [0.1, 0.15) is 6.10 Å². The van der Waals surface area contributed by atoms with Gasteiger partial charge in [0.15, 0.2) is 0 Å². The zero-order valence-electron chi connectivity index (χ0n) is 13.2. The number of likely N-dealkylation sites (tertiary alicyclic amines) is 1. The fraction of sp³-hybridized carbons (Fsp3) is 0.588. The summed E-state index contributed by atoms with van der Waals surface area (Å²) in [5.41, 5.74) is 1.32. The molecule has 2 rings (SSSR count). The number of carbonyl (C=O) groups excluding carboxylic acids is 1. The maximum absolute atomic E-state index is 12.0. The molecule has 0 aliphatic carbocycles. The van der Waals surface area contributed by atoms with Crippen molar-refractivity contribution in [2.24, 2.45) is 5.92 Å². The van der Waals surface area contributed by atoms with Crippen molar-refractivity contribution in [1.82, 2.24) is 10.2 Å². The average molecular weight is 290 g/mol. The summed E-state index contributed by atoms with van der Waals surface area (Å²) in [7, 11) is 0. The summed E-state index contributed by atoms with van der Waals surface area (Å²) < 4.78 is 5.35. The van der Waals surface area contributed by atoms with Gasteiger partial charge < -0.3 is 10.1 Å². The largest absolute Gasteiger partial charge is 0.369 e. The van der Waals surface area contributed by atoms with E-state index in [-0.39, 0.29) is 18.1 Å². The molecule has 1 aromatic rings. The molecule has 1 aromatic carbocycles. The molecule has 1 fully saturated rings. The van der Waals surface area contributed by atoms with E-state index in [0.717, 1.165) is 19.6 Å². The predicted molar refractivity (Wildman–Crippen MR) is 83.9 cm³/mol. The number of nitrogens with zero attached hydrogens (tertiary/aromatic N) is 1. The minimum Gasteiger partial charge on any atom is -0.369 e. The summed E-state index contributed by atoms with van der Waals surface area (Å²) in [6.45, 7) is 9.34. The molecule has 0 spiro atoms. The summed E-state index contributed by atoms with van der Waals surface area (Å²) >= 11 is 0. The van der Waals surface area contributed by atoms with E-state index in [0.29, 0.717) is 12.5 Å². The van der Waals surface area contributed by atoms with Crippen molar-refractivity contribution in [2.45, 2.75) is 39.5 Å². The highest BCUT2D eigenvalue weighted by Crippen LogP contribution is 2.19. The molecular weight excluding hydrogens is 264 g/mol. The van der Waals surface area contributed by atoms with Crippen LogP contribution < -0.4 is 5.32 Å². The van der Waals surface area contributed by atoms with Crippen molar-refractivity contribution >= 4 is 5.91 Å². The molecule has 1 N–H and O–H groups in total. The molecule has 0 saturated carbocycles. The van der Waals surface area contributed by atoms with Gasteiger partial charge in [-0.15, -0.1) is 0 Å². The number of rotatable bonds is 6. The highest BCUT2D eigenvalue weighted by molar-refractivity contribution is 5.80. The van der Waals surface area contributed by atoms with Gasteiger partial charge in [0.05, 0.1) is 0 Å². The number of hydrogen-bond donors (Lipinski definition) is 1. The fourth-order valence-corrected chi connectivity index (χ4v) is 2.85. The van der Waals surface area contributed by atoms with Crippen LogP contribution in [0, 0.1) is 5.92 Å². The van der Waals surface area contributed by atoms with Crippen LogP contribution in [-0.2, 0) is 16.1 Å². The molecule has 1 aliphatic rings. The average Bonchev–Trinajstić information content (AvgIpc) is 2.80. The van der Waals surface area contributed by atoms with Crippen LogP contribution >= 0.6 is 0 Å². The maximum Gasteiger partial charge on any atom is 0.249 e. The van der Waals surface area contributed by atoms with Crippen LogP contribution in [0.25, 0.3) is 0 Å². The molecule has 4 nitrogen and oxygen atoms in total. The third kappa shape index (κ3) is 4.55. The molecule has 0 aromatic heterocycles. The predicted octanol–water partition coefficient (Wildman–Crippen LogP) is 2.05. The first kappa shape index (κ1) is 16.0. The highest BCUT2D eigenvalue weighted by atomic mass is 16.5. The van der Waals surface area contributed by atoms with E-state index in [4.69, 9.17) is 4.74 Å². The lowest BCUT2D eigenvalue weighted by Gasteiger charge is -2.20. The smallest absolute Gasteiger partial charge is 0.249 e. The first-order chi connectivity index (χ1) is 10.1. The Labute approximate surface area is 127 Å². The Kier molecular flexibility index (Phi) is 5.76. The van der Waals surface area contributed by atoms with E-state index >= 15 is 0 Å². The van der Waals surface area contributed by atoms with Crippen molar-refractivity contribution in [2.75, 3.05) is 19.7 Å². The lowest BCUT2D eigenvalue weighted by atomic mass is 10.1. The second kappa shape index (κ2) is 7.57. The Hall–Kier alpha value is -1.39. The maximum atomic E-state index is 12.0. The van der Waals surface area contributed by atoms with Crippen LogP contribution in [0.15, 0.2) is 30.3 Å². The molecule has 0 bridgehead atoms. The van der Waals surface area contributed by atoms with Crippen molar-refractivity contribution < 1.29 is 9.53 Å². The van der Waals surface area contributed by atoms with Gasteiger partial charge in [-0.2, -0.15) is 0 Å². The lowest BCUT2D eigenvalue weighted by Crippen LogP contribution is -2.44. The Morgan fingerprint density at radius 1 is 1.38 bits per heavy atom. The second-order valence-corrected chi connectivity index (χ2v) is 5.87. The van der Waals surface area contributed by atoms with Crippen molar-refractivity contribution in [3.8, 4) is 0 Å². The number of nitrogens with one attached hydrogen (secondary N) is 1. The third-order valence-corrected chi connectivity index (χ3v) is 4.05. The van der Waals surface area contributed by atoms with Gasteiger partial charge in [0.25, 0.3) is 0 Å². The van der Waals surface area contributed by atoms with E-state index in [9.17, 15) is 4.79 Å². The summed E-state index contributed by atoms with van der Waals surface area (Å²) in [5.74, 6) is 0.460. The number of ether oxygens (including phenoxy) is 1. The van der Waals surface area contributed by atoms with Gasteiger partial charge in [0, 0.05) is 32.3 Å². The minimum absolute atomic E-state index is 0.00439. The van der Waals surface area contributed by atoms with Gasteiger partial charge in [-0.1, -0.05) is 37.3 Å². The molecule has 1 heterocycles. The van der Waals surface area contributed by atoms with E-state index in [1.807, 2.05) is 13.0 Å². The molecule has 21 heavy (non-hydrogen) atoms. The normalized spacial score (nSPS) is 24.0. The molecule has 116 valence electrons.